The van der Waals surface area contributed by atoms with E-state index >= 15 is 0 Å². The van der Waals surface area contributed by atoms with E-state index in [1.165, 1.54) is 0 Å². The van der Waals surface area contributed by atoms with E-state index in [4.69, 9.17) is 20.3 Å². The molecule has 0 aliphatic rings. The Hall–Kier alpha value is 0.0569. The topological polar surface area (TPSA) is 70.5 Å². The van der Waals surface area contributed by atoms with Gasteiger partial charge in [0.25, 0.3) is 0 Å². The summed E-state index contributed by atoms with van der Waals surface area (Å²) in [6.07, 6.45) is 0.643. The van der Waals surface area contributed by atoms with Crippen LogP contribution in [-0.2, 0) is 8.85 Å². The Morgan fingerprint density at radius 1 is 1.31 bits per heavy atom. The third-order valence-electron chi connectivity index (χ3n) is 1.69. The fourth-order valence-electron chi connectivity index (χ4n) is 1.29. The zero-order valence-electron chi connectivity index (χ0n) is 8.88. The van der Waals surface area contributed by atoms with E-state index < -0.39 is 8.56 Å². The second kappa shape index (κ2) is 6.50. The van der Waals surface area contributed by atoms with Gasteiger partial charge < -0.3 is 20.3 Å². The van der Waals surface area contributed by atoms with E-state index in [1.807, 2.05) is 20.8 Å². The molecule has 0 spiro atoms. The minimum atomic E-state index is -2.18. The Kier molecular flexibility index (Phi) is 6.53. The molecule has 0 saturated carbocycles. The summed E-state index contributed by atoms with van der Waals surface area (Å²) in [5.74, 6) is 0. The van der Waals surface area contributed by atoms with Crippen LogP contribution >= 0.6 is 0 Å². The van der Waals surface area contributed by atoms with Gasteiger partial charge in [-0.15, -0.1) is 0 Å². The molecule has 0 radical (unpaired) electrons. The summed E-state index contributed by atoms with van der Waals surface area (Å²) >= 11 is 0. The normalized spacial score (nSPS) is 16.2. The molecule has 0 heterocycles. The van der Waals surface area contributed by atoms with Crippen LogP contribution in [0.25, 0.3) is 0 Å². The molecular weight excluding hydrogens is 184 g/mol. The summed E-state index contributed by atoms with van der Waals surface area (Å²) in [5, 5.41) is 0. The van der Waals surface area contributed by atoms with Crippen molar-refractivity contribution >= 4 is 8.56 Å². The summed E-state index contributed by atoms with van der Waals surface area (Å²) in [7, 11) is -2.18. The monoisotopic (exact) mass is 206 g/mol. The smallest absolute Gasteiger partial charge is 0.353 e. The summed E-state index contributed by atoms with van der Waals surface area (Å²) < 4.78 is 11.4. The molecule has 0 rings (SSSR count). The zero-order valence-corrected chi connectivity index (χ0v) is 9.88. The van der Waals surface area contributed by atoms with Gasteiger partial charge in [-0.2, -0.15) is 0 Å². The second-order valence-electron chi connectivity index (χ2n) is 3.25. The average Bonchev–Trinajstić information content (AvgIpc) is 2.04. The van der Waals surface area contributed by atoms with E-state index in [0.29, 0.717) is 19.3 Å². The molecule has 0 aliphatic heterocycles. The number of hydrogen-bond acceptors (Lipinski definition) is 4. The Morgan fingerprint density at radius 3 is 2.23 bits per heavy atom. The molecule has 13 heavy (non-hydrogen) atoms. The van der Waals surface area contributed by atoms with Crippen molar-refractivity contribution in [3.05, 3.63) is 0 Å². The first-order valence-corrected chi connectivity index (χ1v) is 7.05. The quantitative estimate of drug-likeness (QED) is 0.590. The minimum Gasteiger partial charge on any atom is -0.394 e. The van der Waals surface area contributed by atoms with E-state index in [1.54, 1.807) is 0 Å². The molecule has 1 atom stereocenters. The van der Waals surface area contributed by atoms with Gasteiger partial charge in [-0.3, -0.25) is 0 Å². The molecule has 0 fully saturated rings. The average molecular weight is 206 g/mol. The van der Waals surface area contributed by atoms with Gasteiger partial charge in [-0.1, -0.05) is 0 Å². The van der Waals surface area contributed by atoms with Crippen molar-refractivity contribution in [2.24, 2.45) is 11.5 Å². The van der Waals surface area contributed by atoms with Gasteiger partial charge in [-0.25, -0.2) is 0 Å². The van der Waals surface area contributed by atoms with Gasteiger partial charge >= 0.3 is 8.56 Å². The van der Waals surface area contributed by atoms with Crippen LogP contribution < -0.4 is 11.5 Å². The maximum atomic E-state index is 5.78. The SMILES string of the molecule is CCO[Si](CN)(CCN)OC(C)C. The highest BCUT2D eigenvalue weighted by Gasteiger charge is 2.35. The van der Waals surface area contributed by atoms with E-state index in [0.717, 1.165) is 6.04 Å². The summed E-state index contributed by atoms with van der Waals surface area (Å²) in [5.41, 5.74) is 11.2. The lowest BCUT2D eigenvalue weighted by molar-refractivity contribution is 0.137. The highest BCUT2D eigenvalue weighted by molar-refractivity contribution is 6.67. The highest BCUT2D eigenvalue weighted by Crippen LogP contribution is 2.13. The van der Waals surface area contributed by atoms with Gasteiger partial charge in [-0.05, 0) is 27.3 Å². The molecule has 4 N–H and O–H groups in total. The van der Waals surface area contributed by atoms with Crippen LogP contribution in [0.15, 0.2) is 0 Å². The van der Waals surface area contributed by atoms with Crippen LogP contribution in [0, 0.1) is 0 Å². The lowest BCUT2D eigenvalue weighted by Gasteiger charge is -2.30. The Labute approximate surface area is 81.8 Å². The van der Waals surface area contributed by atoms with Crippen molar-refractivity contribution in [3.63, 3.8) is 0 Å². The highest BCUT2D eigenvalue weighted by atomic mass is 28.4. The molecule has 0 aromatic carbocycles. The van der Waals surface area contributed by atoms with Crippen molar-refractivity contribution in [2.75, 3.05) is 19.3 Å². The first kappa shape index (κ1) is 13.1. The second-order valence-corrected chi connectivity index (χ2v) is 6.51. The first-order valence-electron chi connectivity index (χ1n) is 4.82. The van der Waals surface area contributed by atoms with Gasteiger partial charge in [0.05, 0.1) is 0 Å². The molecule has 0 saturated heterocycles. The van der Waals surface area contributed by atoms with Crippen LogP contribution in [-0.4, -0.2) is 34.0 Å². The molecule has 0 aromatic heterocycles. The Balaban J connectivity index is 4.24. The molecule has 1 unspecified atom stereocenters. The van der Waals surface area contributed by atoms with Gasteiger partial charge in [0.1, 0.15) is 0 Å². The maximum absolute atomic E-state index is 5.78. The van der Waals surface area contributed by atoms with Crippen LogP contribution in [0.4, 0.5) is 0 Å². The predicted molar refractivity (Wildman–Crippen MR) is 56.5 cm³/mol. The third kappa shape index (κ3) is 4.73. The van der Waals surface area contributed by atoms with Gasteiger partial charge in [0, 0.05) is 24.9 Å². The van der Waals surface area contributed by atoms with Crippen LogP contribution in [0.3, 0.4) is 0 Å². The van der Waals surface area contributed by atoms with Crippen molar-refractivity contribution < 1.29 is 8.85 Å². The number of hydrogen-bond donors (Lipinski definition) is 2. The number of nitrogens with two attached hydrogens (primary N) is 2. The summed E-state index contributed by atoms with van der Waals surface area (Å²) in [6, 6.07) is 0.773. The van der Waals surface area contributed by atoms with Crippen LogP contribution in [0.2, 0.25) is 6.04 Å². The molecule has 80 valence electrons. The molecule has 0 aromatic rings. The molecule has 5 heteroatoms. The lowest BCUT2D eigenvalue weighted by atomic mass is 10.5. The van der Waals surface area contributed by atoms with Crippen molar-refractivity contribution in [2.45, 2.75) is 32.9 Å². The molecule has 0 bridgehead atoms. The first-order chi connectivity index (χ1) is 6.10. The van der Waals surface area contributed by atoms with Gasteiger partial charge in [0.2, 0.25) is 0 Å². The Morgan fingerprint density at radius 2 is 1.92 bits per heavy atom. The van der Waals surface area contributed by atoms with Crippen molar-refractivity contribution in [1.82, 2.24) is 0 Å². The lowest BCUT2D eigenvalue weighted by Crippen LogP contribution is -2.52. The minimum absolute atomic E-state index is 0.160. The molecule has 4 nitrogen and oxygen atoms in total. The van der Waals surface area contributed by atoms with Crippen LogP contribution in [0.1, 0.15) is 20.8 Å². The van der Waals surface area contributed by atoms with Gasteiger partial charge in [0.15, 0.2) is 0 Å². The molecule has 0 amide bonds. The third-order valence-corrected chi connectivity index (χ3v) is 5.08. The largest absolute Gasteiger partial charge is 0.394 e. The fourth-order valence-corrected chi connectivity index (χ4v) is 3.86. The van der Waals surface area contributed by atoms with E-state index in [-0.39, 0.29) is 6.10 Å². The molecular formula is C8H22N2O2Si. The molecule has 0 aliphatic carbocycles. The van der Waals surface area contributed by atoms with Crippen molar-refractivity contribution in [3.8, 4) is 0 Å². The maximum Gasteiger partial charge on any atom is 0.353 e. The fraction of sp³-hybridized carbons (Fsp3) is 1.00. The van der Waals surface area contributed by atoms with Crippen LogP contribution in [0.5, 0.6) is 0 Å². The van der Waals surface area contributed by atoms with E-state index in [9.17, 15) is 0 Å². The Bertz CT molecular complexity index is 127. The standard InChI is InChI=1S/C8H22N2O2Si/c1-4-11-13(7-10,6-5-9)12-8(2)3/h8H,4-7,9-10H2,1-3H3. The summed E-state index contributed by atoms with van der Waals surface area (Å²) in [6.45, 7) is 7.17. The zero-order chi connectivity index (χ0) is 10.3. The van der Waals surface area contributed by atoms with E-state index in [2.05, 4.69) is 0 Å². The number of rotatable bonds is 7. The predicted octanol–water partition coefficient (Wildman–Crippen LogP) is 0.347. The summed E-state index contributed by atoms with van der Waals surface area (Å²) in [4.78, 5) is 0. The van der Waals surface area contributed by atoms with Crippen molar-refractivity contribution in [1.29, 1.82) is 0 Å².